The maximum absolute atomic E-state index is 10.3. The van der Waals surface area contributed by atoms with Crippen LogP contribution in [0.2, 0.25) is 0 Å². The molecule has 0 aliphatic rings. The summed E-state index contributed by atoms with van der Waals surface area (Å²) in [7, 11) is 1.54. The number of hydrogen-bond donors (Lipinski definition) is 0. The topological polar surface area (TPSA) is 52.4 Å². The first kappa shape index (κ1) is 9.73. The number of ether oxygens (including phenoxy) is 1. The maximum Gasteiger partial charge on any atom is 0.244 e. The molecule has 0 aliphatic carbocycles. The molecule has 4 nitrogen and oxygen atoms in total. The van der Waals surface area contributed by atoms with Crippen LogP contribution in [0.3, 0.4) is 0 Å². The van der Waals surface area contributed by atoms with Crippen LogP contribution in [0.4, 0.5) is 0 Å². The van der Waals surface area contributed by atoms with E-state index in [1.54, 1.807) is 13.2 Å². The van der Waals surface area contributed by atoms with Crippen molar-refractivity contribution in [2.75, 3.05) is 7.11 Å². The van der Waals surface area contributed by atoms with Crippen LogP contribution in [0.5, 0.6) is 5.75 Å². The Kier molecular flexibility index (Phi) is 3.02. The van der Waals surface area contributed by atoms with Crippen LogP contribution >= 0.6 is 11.3 Å². The van der Waals surface area contributed by atoms with Crippen molar-refractivity contribution < 1.29 is 9.66 Å². The highest BCUT2D eigenvalue weighted by atomic mass is 32.1. The Balaban J connectivity index is 2.96. The molecule has 0 aromatic carbocycles. The normalized spacial score (nSPS) is 11.4. The van der Waals surface area contributed by atoms with Crippen molar-refractivity contribution in [1.29, 1.82) is 0 Å². The Bertz CT molecular complexity index is 343. The van der Waals surface area contributed by atoms with Gasteiger partial charge in [0, 0.05) is 13.0 Å². The van der Waals surface area contributed by atoms with Gasteiger partial charge in [-0.05, 0) is 11.4 Å². The number of nitrogens with zero attached hydrogens (tertiary/aromatic N) is 1. The molecule has 1 heterocycles. The van der Waals surface area contributed by atoms with Gasteiger partial charge >= 0.3 is 0 Å². The lowest BCUT2D eigenvalue weighted by atomic mass is 10.3. The maximum atomic E-state index is 10.3. The third-order valence-corrected chi connectivity index (χ3v) is 2.35. The molecular formula is C8H9NO3S. The first-order valence-corrected chi connectivity index (χ1v) is 4.47. The fourth-order valence-corrected chi connectivity index (χ4v) is 1.67. The predicted molar refractivity (Wildman–Crippen MR) is 51.5 cm³/mol. The molecular weight excluding hydrogens is 190 g/mol. The lowest BCUT2D eigenvalue weighted by Gasteiger charge is -1.95. The van der Waals surface area contributed by atoms with E-state index in [1.807, 2.05) is 5.38 Å². The van der Waals surface area contributed by atoms with Gasteiger partial charge in [-0.2, -0.15) is 0 Å². The number of methoxy groups -OCH3 is 1. The van der Waals surface area contributed by atoms with Crippen molar-refractivity contribution in [2.24, 2.45) is 0 Å². The minimum Gasteiger partial charge on any atom is -0.495 e. The van der Waals surface area contributed by atoms with Crippen LogP contribution in [0.25, 0.3) is 6.08 Å². The van der Waals surface area contributed by atoms with Gasteiger partial charge in [0.15, 0.2) is 0 Å². The third-order valence-electron chi connectivity index (χ3n) is 1.51. The number of rotatable bonds is 3. The molecule has 13 heavy (non-hydrogen) atoms. The van der Waals surface area contributed by atoms with Gasteiger partial charge in [0.25, 0.3) is 0 Å². The zero-order chi connectivity index (χ0) is 9.84. The highest BCUT2D eigenvalue weighted by Crippen LogP contribution is 2.26. The molecule has 5 heteroatoms. The first-order valence-electron chi connectivity index (χ1n) is 3.59. The SMILES string of the molecule is COc1ccsc1C=C(C)[N+](=O)[O-]. The zero-order valence-electron chi connectivity index (χ0n) is 7.31. The van der Waals surface area contributed by atoms with Gasteiger partial charge in [0.2, 0.25) is 5.70 Å². The van der Waals surface area contributed by atoms with Crippen LogP contribution < -0.4 is 4.74 Å². The van der Waals surface area contributed by atoms with Gasteiger partial charge in [-0.15, -0.1) is 11.3 Å². The summed E-state index contributed by atoms with van der Waals surface area (Å²) >= 11 is 1.41. The number of nitro groups is 1. The Morgan fingerprint density at radius 3 is 3.00 bits per heavy atom. The molecule has 0 amide bonds. The average molecular weight is 199 g/mol. The summed E-state index contributed by atoms with van der Waals surface area (Å²) in [4.78, 5) is 10.7. The summed E-state index contributed by atoms with van der Waals surface area (Å²) in [5, 5.41) is 12.2. The second kappa shape index (κ2) is 4.04. The van der Waals surface area contributed by atoms with Crippen molar-refractivity contribution in [1.82, 2.24) is 0 Å². The number of hydrogen-bond acceptors (Lipinski definition) is 4. The monoisotopic (exact) mass is 199 g/mol. The molecule has 1 aromatic heterocycles. The van der Waals surface area contributed by atoms with E-state index in [1.165, 1.54) is 24.3 Å². The van der Waals surface area contributed by atoms with E-state index < -0.39 is 4.92 Å². The second-order valence-electron chi connectivity index (χ2n) is 2.40. The quantitative estimate of drug-likeness (QED) is 0.554. The van der Waals surface area contributed by atoms with E-state index in [0.717, 1.165) is 4.88 Å². The zero-order valence-corrected chi connectivity index (χ0v) is 8.13. The van der Waals surface area contributed by atoms with Crippen molar-refractivity contribution >= 4 is 17.4 Å². The first-order chi connectivity index (χ1) is 6.15. The standard InChI is InChI=1S/C8H9NO3S/c1-6(9(10)11)5-8-7(12-2)3-4-13-8/h3-5H,1-2H3. The summed E-state index contributed by atoms with van der Waals surface area (Å²) < 4.78 is 5.01. The van der Waals surface area contributed by atoms with Crippen LogP contribution in [-0.2, 0) is 0 Å². The van der Waals surface area contributed by atoms with E-state index in [0.29, 0.717) is 5.75 Å². The van der Waals surface area contributed by atoms with Gasteiger partial charge in [0.05, 0.1) is 16.9 Å². The highest BCUT2D eigenvalue weighted by molar-refractivity contribution is 7.11. The lowest BCUT2D eigenvalue weighted by Crippen LogP contribution is -1.92. The smallest absolute Gasteiger partial charge is 0.244 e. The molecule has 1 aromatic rings. The molecule has 0 spiro atoms. The average Bonchev–Trinajstić information content (AvgIpc) is 2.51. The third kappa shape index (κ3) is 2.29. The Morgan fingerprint density at radius 1 is 1.77 bits per heavy atom. The molecule has 0 saturated carbocycles. The minimum absolute atomic E-state index is 0.112. The van der Waals surface area contributed by atoms with Crippen molar-refractivity contribution in [2.45, 2.75) is 6.92 Å². The largest absolute Gasteiger partial charge is 0.495 e. The van der Waals surface area contributed by atoms with E-state index in [-0.39, 0.29) is 5.70 Å². The van der Waals surface area contributed by atoms with Gasteiger partial charge < -0.3 is 4.74 Å². The summed E-state index contributed by atoms with van der Waals surface area (Å²) in [5.41, 5.74) is 0.112. The number of thiophene rings is 1. The van der Waals surface area contributed by atoms with Crippen LogP contribution in [0.1, 0.15) is 11.8 Å². The molecule has 0 unspecified atom stereocenters. The molecule has 0 aliphatic heterocycles. The Labute approximate surface area is 79.6 Å². The van der Waals surface area contributed by atoms with Gasteiger partial charge in [-0.1, -0.05) is 0 Å². The molecule has 0 radical (unpaired) electrons. The summed E-state index contributed by atoms with van der Waals surface area (Å²) in [6.07, 6.45) is 1.50. The minimum atomic E-state index is -0.418. The van der Waals surface area contributed by atoms with E-state index in [9.17, 15) is 10.1 Å². The van der Waals surface area contributed by atoms with E-state index in [4.69, 9.17) is 4.74 Å². The van der Waals surface area contributed by atoms with Gasteiger partial charge in [-0.3, -0.25) is 10.1 Å². The van der Waals surface area contributed by atoms with Gasteiger partial charge in [0.1, 0.15) is 5.75 Å². The van der Waals surface area contributed by atoms with Crippen molar-refractivity contribution in [3.8, 4) is 5.75 Å². The fourth-order valence-electron chi connectivity index (χ4n) is 0.826. The molecule has 0 atom stereocenters. The van der Waals surface area contributed by atoms with Crippen molar-refractivity contribution in [3.63, 3.8) is 0 Å². The molecule has 0 fully saturated rings. The molecule has 70 valence electrons. The summed E-state index contributed by atoms with van der Waals surface area (Å²) in [6, 6.07) is 1.78. The Morgan fingerprint density at radius 2 is 2.46 bits per heavy atom. The Hall–Kier alpha value is -1.36. The van der Waals surface area contributed by atoms with Crippen LogP contribution in [0, 0.1) is 10.1 Å². The highest BCUT2D eigenvalue weighted by Gasteiger charge is 2.06. The molecule has 0 N–H and O–H groups in total. The summed E-state index contributed by atoms with van der Waals surface area (Å²) in [5.74, 6) is 0.672. The van der Waals surface area contributed by atoms with Gasteiger partial charge in [-0.25, -0.2) is 0 Å². The van der Waals surface area contributed by atoms with Crippen molar-refractivity contribution in [3.05, 3.63) is 32.1 Å². The van der Waals surface area contributed by atoms with E-state index >= 15 is 0 Å². The molecule has 1 rings (SSSR count). The van der Waals surface area contributed by atoms with Crippen LogP contribution in [0.15, 0.2) is 17.1 Å². The van der Waals surface area contributed by atoms with Crippen LogP contribution in [-0.4, -0.2) is 12.0 Å². The predicted octanol–water partition coefficient (Wildman–Crippen LogP) is 2.39. The molecule has 0 bridgehead atoms. The van der Waals surface area contributed by atoms with E-state index in [2.05, 4.69) is 0 Å². The fraction of sp³-hybridized carbons (Fsp3) is 0.250. The second-order valence-corrected chi connectivity index (χ2v) is 3.34. The number of allylic oxidation sites excluding steroid dienone is 1. The molecule has 0 saturated heterocycles. The summed E-state index contributed by atoms with van der Waals surface area (Å²) in [6.45, 7) is 1.46. The lowest BCUT2D eigenvalue weighted by molar-refractivity contribution is -0.422.